The standard InChI is InChI=1S/C24H26N4O3/c1-2-31-24(30)21-13-16-28(26-21)20-12-8-11-19(17-20)25-23(29)22(27-14-6-7-15-27)18-9-4-3-5-10-18/h3-5,8-13,16-17,22H,2,6-7,14-15H2,1H3,(H,25,29). The molecule has 0 bridgehead atoms. The van der Waals surface area contributed by atoms with Crippen LogP contribution in [0.3, 0.4) is 0 Å². The molecule has 0 spiro atoms. The van der Waals surface area contributed by atoms with Gasteiger partial charge in [0.2, 0.25) is 5.91 Å². The molecule has 1 saturated heterocycles. The fourth-order valence-electron chi connectivity index (χ4n) is 3.88. The molecule has 1 aliphatic heterocycles. The highest BCUT2D eigenvalue weighted by Gasteiger charge is 2.29. The third-order valence-corrected chi connectivity index (χ3v) is 5.32. The first-order chi connectivity index (χ1) is 15.2. The number of amides is 1. The third-order valence-electron chi connectivity index (χ3n) is 5.32. The molecule has 4 rings (SSSR count). The zero-order chi connectivity index (χ0) is 21.6. The van der Waals surface area contributed by atoms with E-state index in [1.807, 2.05) is 54.6 Å². The summed E-state index contributed by atoms with van der Waals surface area (Å²) in [7, 11) is 0. The van der Waals surface area contributed by atoms with Crippen LogP contribution < -0.4 is 5.32 Å². The van der Waals surface area contributed by atoms with Gasteiger partial charge in [0.15, 0.2) is 5.69 Å². The van der Waals surface area contributed by atoms with E-state index >= 15 is 0 Å². The molecule has 0 saturated carbocycles. The van der Waals surface area contributed by atoms with Crippen LogP contribution in [-0.2, 0) is 9.53 Å². The number of nitrogens with zero attached hydrogens (tertiary/aromatic N) is 3. The first-order valence-electron chi connectivity index (χ1n) is 10.6. The number of hydrogen-bond acceptors (Lipinski definition) is 5. The summed E-state index contributed by atoms with van der Waals surface area (Å²) >= 11 is 0. The van der Waals surface area contributed by atoms with E-state index in [1.54, 1.807) is 23.9 Å². The van der Waals surface area contributed by atoms with Crippen LogP contribution in [0.2, 0.25) is 0 Å². The third kappa shape index (κ3) is 4.83. The van der Waals surface area contributed by atoms with Crippen LogP contribution in [0.15, 0.2) is 66.9 Å². The van der Waals surface area contributed by atoms with Crippen molar-refractivity contribution in [2.75, 3.05) is 25.0 Å². The van der Waals surface area contributed by atoms with E-state index in [0.717, 1.165) is 37.2 Å². The Morgan fingerprint density at radius 2 is 1.84 bits per heavy atom. The van der Waals surface area contributed by atoms with Gasteiger partial charge in [0.25, 0.3) is 0 Å². The van der Waals surface area contributed by atoms with E-state index in [1.165, 1.54) is 0 Å². The van der Waals surface area contributed by atoms with Crippen LogP contribution in [-0.4, -0.2) is 46.3 Å². The van der Waals surface area contributed by atoms with Crippen molar-refractivity contribution in [2.45, 2.75) is 25.8 Å². The van der Waals surface area contributed by atoms with Crippen molar-refractivity contribution < 1.29 is 14.3 Å². The molecule has 1 aliphatic rings. The van der Waals surface area contributed by atoms with Crippen molar-refractivity contribution in [3.05, 3.63) is 78.1 Å². The van der Waals surface area contributed by atoms with Gasteiger partial charge < -0.3 is 10.1 Å². The average molecular weight is 418 g/mol. The van der Waals surface area contributed by atoms with Gasteiger partial charge in [0.1, 0.15) is 6.04 Å². The first kappa shape index (κ1) is 20.8. The molecular weight excluding hydrogens is 392 g/mol. The minimum Gasteiger partial charge on any atom is -0.461 e. The second-order valence-electron chi connectivity index (χ2n) is 7.46. The normalized spacial score (nSPS) is 14.9. The Kier molecular flexibility index (Phi) is 6.43. The SMILES string of the molecule is CCOC(=O)c1ccn(-c2cccc(NC(=O)C(c3ccccc3)N3CCCC3)c2)n1. The minimum absolute atomic E-state index is 0.0575. The van der Waals surface area contributed by atoms with Gasteiger partial charge in [0, 0.05) is 11.9 Å². The van der Waals surface area contributed by atoms with Gasteiger partial charge in [-0.1, -0.05) is 36.4 Å². The molecule has 3 aromatic rings. The van der Waals surface area contributed by atoms with Gasteiger partial charge in [-0.2, -0.15) is 5.10 Å². The molecule has 1 N–H and O–H groups in total. The largest absolute Gasteiger partial charge is 0.461 e. The van der Waals surface area contributed by atoms with Crippen molar-refractivity contribution in [1.29, 1.82) is 0 Å². The lowest BCUT2D eigenvalue weighted by atomic mass is 10.0. The predicted octanol–water partition coefficient (Wildman–Crippen LogP) is 3.82. The van der Waals surface area contributed by atoms with Crippen LogP contribution >= 0.6 is 0 Å². The van der Waals surface area contributed by atoms with Crippen molar-refractivity contribution >= 4 is 17.6 Å². The van der Waals surface area contributed by atoms with E-state index < -0.39 is 5.97 Å². The van der Waals surface area contributed by atoms with E-state index in [4.69, 9.17) is 4.74 Å². The maximum Gasteiger partial charge on any atom is 0.358 e. The Hall–Kier alpha value is -3.45. The highest BCUT2D eigenvalue weighted by atomic mass is 16.5. The van der Waals surface area contributed by atoms with Crippen molar-refractivity contribution in [1.82, 2.24) is 14.7 Å². The molecule has 160 valence electrons. The smallest absolute Gasteiger partial charge is 0.358 e. The van der Waals surface area contributed by atoms with Gasteiger partial charge >= 0.3 is 5.97 Å². The monoisotopic (exact) mass is 418 g/mol. The molecule has 31 heavy (non-hydrogen) atoms. The number of ether oxygens (including phenoxy) is 1. The van der Waals surface area contributed by atoms with Crippen LogP contribution in [0.4, 0.5) is 5.69 Å². The molecule has 1 aromatic heterocycles. The topological polar surface area (TPSA) is 76.5 Å². The fraction of sp³-hybridized carbons (Fsp3) is 0.292. The summed E-state index contributed by atoms with van der Waals surface area (Å²) in [5.74, 6) is -0.514. The van der Waals surface area contributed by atoms with E-state index in [9.17, 15) is 9.59 Å². The van der Waals surface area contributed by atoms with Gasteiger partial charge in [0.05, 0.1) is 12.3 Å². The number of aromatic nitrogens is 2. The van der Waals surface area contributed by atoms with Crippen molar-refractivity contribution in [3.63, 3.8) is 0 Å². The number of nitrogens with one attached hydrogen (secondary N) is 1. The molecule has 2 aromatic carbocycles. The Balaban J connectivity index is 1.53. The zero-order valence-electron chi connectivity index (χ0n) is 17.5. The van der Waals surface area contributed by atoms with E-state index in [0.29, 0.717) is 12.3 Å². The molecule has 7 nitrogen and oxygen atoms in total. The Morgan fingerprint density at radius 3 is 2.58 bits per heavy atom. The molecule has 0 radical (unpaired) electrons. The molecular formula is C24H26N4O3. The van der Waals surface area contributed by atoms with Crippen LogP contribution in [0.1, 0.15) is 41.9 Å². The summed E-state index contributed by atoms with van der Waals surface area (Å²) in [6.07, 6.45) is 3.91. The Morgan fingerprint density at radius 1 is 1.06 bits per heavy atom. The molecule has 7 heteroatoms. The summed E-state index contributed by atoms with van der Waals surface area (Å²) in [6.45, 7) is 3.88. The number of esters is 1. The lowest BCUT2D eigenvalue weighted by Gasteiger charge is -2.27. The molecule has 1 amide bonds. The second kappa shape index (κ2) is 9.57. The summed E-state index contributed by atoms with van der Waals surface area (Å²) < 4.78 is 6.59. The number of carbonyl (C=O) groups excluding carboxylic acids is 2. The van der Waals surface area contributed by atoms with E-state index in [-0.39, 0.29) is 17.6 Å². The molecule has 0 aliphatic carbocycles. The number of carbonyl (C=O) groups is 2. The zero-order valence-corrected chi connectivity index (χ0v) is 17.5. The fourth-order valence-corrected chi connectivity index (χ4v) is 3.88. The minimum atomic E-state index is -0.456. The number of rotatable bonds is 7. The maximum atomic E-state index is 13.3. The van der Waals surface area contributed by atoms with Gasteiger partial charge in [-0.3, -0.25) is 9.69 Å². The van der Waals surface area contributed by atoms with Crippen LogP contribution in [0.5, 0.6) is 0 Å². The number of likely N-dealkylation sites (tertiary alicyclic amines) is 1. The Labute approximate surface area is 181 Å². The molecule has 1 unspecified atom stereocenters. The highest BCUT2D eigenvalue weighted by Crippen LogP contribution is 2.27. The van der Waals surface area contributed by atoms with Gasteiger partial charge in [-0.05, 0) is 62.7 Å². The summed E-state index contributed by atoms with van der Waals surface area (Å²) in [5.41, 5.74) is 2.65. The van der Waals surface area contributed by atoms with Gasteiger partial charge in [-0.25, -0.2) is 9.48 Å². The lowest BCUT2D eigenvalue weighted by Crippen LogP contribution is -2.35. The molecule has 1 atom stereocenters. The van der Waals surface area contributed by atoms with Crippen LogP contribution in [0.25, 0.3) is 5.69 Å². The lowest BCUT2D eigenvalue weighted by molar-refractivity contribution is -0.121. The number of anilines is 1. The van der Waals surface area contributed by atoms with Crippen molar-refractivity contribution in [2.24, 2.45) is 0 Å². The van der Waals surface area contributed by atoms with E-state index in [2.05, 4.69) is 15.3 Å². The second-order valence-corrected chi connectivity index (χ2v) is 7.46. The molecule has 2 heterocycles. The van der Waals surface area contributed by atoms with Crippen LogP contribution in [0, 0.1) is 0 Å². The van der Waals surface area contributed by atoms with Crippen molar-refractivity contribution in [3.8, 4) is 5.69 Å². The predicted molar refractivity (Wildman–Crippen MR) is 118 cm³/mol. The molecule has 1 fully saturated rings. The first-order valence-corrected chi connectivity index (χ1v) is 10.6. The average Bonchev–Trinajstić information content (AvgIpc) is 3.48. The number of hydrogen-bond donors (Lipinski definition) is 1. The van der Waals surface area contributed by atoms with Gasteiger partial charge in [-0.15, -0.1) is 0 Å². The summed E-state index contributed by atoms with van der Waals surface area (Å²) in [5, 5.41) is 7.35. The quantitative estimate of drug-likeness (QED) is 0.590. The number of benzene rings is 2. The Bertz CT molecular complexity index is 1040. The summed E-state index contributed by atoms with van der Waals surface area (Å²) in [6, 6.07) is 18.6. The highest BCUT2D eigenvalue weighted by molar-refractivity contribution is 5.95. The summed E-state index contributed by atoms with van der Waals surface area (Å²) in [4.78, 5) is 27.4. The maximum absolute atomic E-state index is 13.3.